The molecule has 1 aliphatic heterocycles. The molecule has 6 atom stereocenters. The molecule has 1 saturated heterocycles. The van der Waals surface area contributed by atoms with Crippen LogP contribution in [0.25, 0.3) is 0 Å². The molecule has 5 nitrogen and oxygen atoms in total. The van der Waals surface area contributed by atoms with Crippen molar-refractivity contribution in [2.45, 2.75) is 71.6 Å². The second kappa shape index (κ2) is 10.5. The Labute approximate surface area is 233 Å². The summed E-state index contributed by atoms with van der Waals surface area (Å²) in [5.41, 5.74) is 3.43. The van der Waals surface area contributed by atoms with E-state index in [1.54, 1.807) is 0 Å². The summed E-state index contributed by atoms with van der Waals surface area (Å²) in [6.07, 6.45) is 15.8. The van der Waals surface area contributed by atoms with Gasteiger partial charge in [0.15, 0.2) is 5.78 Å². The van der Waals surface area contributed by atoms with Gasteiger partial charge >= 0.3 is 0 Å². The monoisotopic (exact) mass is 529 g/mol. The van der Waals surface area contributed by atoms with Crippen LogP contribution in [0.5, 0.6) is 0 Å². The van der Waals surface area contributed by atoms with Gasteiger partial charge in [0.2, 0.25) is 0 Å². The molecule has 6 rings (SSSR count). The highest BCUT2D eigenvalue weighted by molar-refractivity contribution is 5.94. The first kappa shape index (κ1) is 26.7. The molecule has 4 aliphatic carbocycles. The summed E-state index contributed by atoms with van der Waals surface area (Å²) in [7, 11) is 0. The van der Waals surface area contributed by atoms with E-state index in [1.807, 2.05) is 30.0 Å². The number of benzene rings is 1. The first-order valence-corrected chi connectivity index (χ1v) is 15.2. The van der Waals surface area contributed by atoms with Crippen molar-refractivity contribution >= 4 is 17.5 Å². The van der Waals surface area contributed by atoms with Crippen LogP contribution in [0.4, 0.5) is 0 Å². The number of rotatable bonds is 6. The zero-order chi connectivity index (χ0) is 27.2. The molecule has 39 heavy (non-hydrogen) atoms. The minimum atomic E-state index is 0.0889. The number of Topliss-reactive ketones (excluding diaryl/α,β-unsaturated/α-hetero) is 1. The second-order valence-electron chi connectivity index (χ2n) is 13.1. The Bertz CT molecular complexity index is 1190. The Balaban J connectivity index is 1.16. The number of carbonyl (C=O) groups excluding carboxylic acids is 3. The number of fused-ring (bicyclic) bond motifs is 5. The van der Waals surface area contributed by atoms with Gasteiger partial charge in [-0.05, 0) is 116 Å². The van der Waals surface area contributed by atoms with E-state index in [9.17, 15) is 14.4 Å². The van der Waals surface area contributed by atoms with E-state index in [0.717, 1.165) is 56.9 Å². The summed E-state index contributed by atoms with van der Waals surface area (Å²) in [5.74, 6) is 2.52. The van der Waals surface area contributed by atoms with Crippen LogP contribution >= 0.6 is 0 Å². The number of ether oxygens (including phenoxy) is 1. The van der Waals surface area contributed by atoms with E-state index in [1.165, 1.54) is 11.1 Å². The highest BCUT2D eigenvalue weighted by Gasteiger charge is 2.60. The van der Waals surface area contributed by atoms with Crippen LogP contribution in [0.3, 0.4) is 0 Å². The van der Waals surface area contributed by atoms with E-state index in [0.29, 0.717) is 56.3 Å². The van der Waals surface area contributed by atoms with Crippen LogP contribution in [0.2, 0.25) is 0 Å². The van der Waals surface area contributed by atoms with Crippen molar-refractivity contribution in [2.24, 2.45) is 34.5 Å². The normalized spacial score (nSPS) is 35.6. The third-order valence-corrected chi connectivity index (χ3v) is 11.3. The smallest absolute Gasteiger partial charge is 0.254 e. The number of nitrogens with zero attached hydrogens (tertiary/aromatic N) is 1. The number of aryl methyl sites for hydroxylation is 1. The molecule has 0 N–H and O–H groups in total. The van der Waals surface area contributed by atoms with Gasteiger partial charge in [-0.25, -0.2) is 0 Å². The van der Waals surface area contributed by atoms with Gasteiger partial charge in [0.05, 0.1) is 13.2 Å². The highest BCUT2D eigenvalue weighted by Crippen LogP contribution is 2.66. The van der Waals surface area contributed by atoms with Gasteiger partial charge in [0.25, 0.3) is 5.91 Å². The Morgan fingerprint density at radius 3 is 2.54 bits per heavy atom. The molecule has 1 heterocycles. The summed E-state index contributed by atoms with van der Waals surface area (Å²) in [4.78, 5) is 39.8. The minimum absolute atomic E-state index is 0.0889. The molecule has 5 heteroatoms. The molecule has 0 radical (unpaired) electrons. The number of morpholine rings is 1. The maximum Gasteiger partial charge on any atom is 0.254 e. The average molecular weight is 530 g/mol. The quantitative estimate of drug-likeness (QED) is 0.455. The number of ketones is 2. The van der Waals surface area contributed by atoms with Gasteiger partial charge in [0.1, 0.15) is 5.78 Å². The molecule has 3 fully saturated rings. The zero-order valence-electron chi connectivity index (χ0n) is 23.6. The van der Waals surface area contributed by atoms with Crippen molar-refractivity contribution in [3.05, 3.63) is 59.2 Å². The number of amides is 1. The van der Waals surface area contributed by atoms with E-state index in [2.05, 4.69) is 31.2 Å². The maximum atomic E-state index is 12.9. The molecular weight excluding hydrogens is 486 g/mol. The first-order chi connectivity index (χ1) is 18.8. The molecule has 5 aliphatic rings. The van der Waals surface area contributed by atoms with E-state index < -0.39 is 0 Å². The lowest BCUT2D eigenvalue weighted by atomic mass is 9.47. The minimum Gasteiger partial charge on any atom is -0.378 e. The lowest BCUT2D eigenvalue weighted by molar-refractivity contribution is -0.128. The molecule has 1 aromatic carbocycles. The summed E-state index contributed by atoms with van der Waals surface area (Å²) in [5, 5.41) is 0. The topological polar surface area (TPSA) is 63.7 Å². The first-order valence-electron chi connectivity index (χ1n) is 15.2. The molecule has 0 bridgehead atoms. The number of hydrogen-bond donors (Lipinski definition) is 0. The molecule has 1 aromatic rings. The standard InChI is InChI=1S/C34H43NO4/c1-23(36)29-11-12-31-28-10-9-26-22-27(37)13-16-33(26,2)30(28)14-17-34(29,31)15-3-4-24-5-7-25(8-6-24)32(38)35-18-20-39-21-19-35/h5-10,22,28-31H,3-4,11-21H2,1-2H3/t28-,29-,30+,31+,33+,34-/m1/s1. The van der Waals surface area contributed by atoms with Gasteiger partial charge in [-0.1, -0.05) is 31.2 Å². The van der Waals surface area contributed by atoms with Crippen molar-refractivity contribution < 1.29 is 19.1 Å². The third kappa shape index (κ3) is 4.65. The maximum absolute atomic E-state index is 12.9. The lowest BCUT2D eigenvalue weighted by Crippen LogP contribution is -2.50. The zero-order valence-corrected chi connectivity index (χ0v) is 23.6. The fraction of sp³-hybridized carbons (Fsp3) is 0.618. The van der Waals surface area contributed by atoms with Gasteiger partial charge in [-0.3, -0.25) is 14.4 Å². The van der Waals surface area contributed by atoms with Crippen LogP contribution < -0.4 is 0 Å². The van der Waals surface area contributed by atoms with Crippen molar-refractivity contribution in [1.82, 2.24) is 4.90 Å². The predicted octanol–water partition coefficient (Wildman–Crippen LogP) is 5.97. The van der Waals surface area contributed by atoms with Crippen molar-refractivity contribution in [3.8, 4) is 0 Å². The number of carbonyl (C=O) groups is 3. The van der Waals surface area contributed by atoms with Crippen LogP contribution in [-0.2, 0) is 20.7 Å². The number of hydrogen-bond acceptors (Lipinski definition) is 4. The Hall–Kier alpha value is -2.53. The molecule has 0 spiro atoms. The molecule has 2 saturated carbocycles. The van der Waals surface area contributed by atoms with Gasteiger partial charge in [-0.2, -0.15) is 0 Å². The van der Waals surface area contributed by atoms with E-state index in [-0.39, 0.29) is 28.4 Å². The fourth-order valence-corrected chi connectivity index (χ4v) is 9.29. The molecule has 1 amide bonds. The summed E-state index contributed by atoms with van der Waals surface area (Å²) < 4.78 is 5.38. The van der Waals surface area contributed by atoms with E-state index >= 15 is 0 Å². The van der Waals surface area contributed by atoms with Crippen LogP contribution in [-0.4, -0.2) is 48.7 Å². The predicted molar refractivity (Wildman–Crippen MR) is 151 cm³/mol. The highest BCUT2D eigenvalue weighted by atomic mass is 16.5. The van der Waals surface area contributed by atoms with Crippen LogP contribution in [0.1, 0.15) is 81.1 Å². The Morgan fingerprint density at radius 2 is 1.79 bits per heavy atom. The summed E-state index contributed by atoms with van der Waals surface area (Å²) >= 11 is 0. The molecule has 0 aromatic heterocycles. The SMILES string of the molecule is CC(=O)[C@H]1CC[C@H]2[C@@H]3C=CC4=CC(=O)CC[C@]4(C)[C@H]3CC[C@]12CCCc1ccc(C(=O)N2CCOCC2)cc1. The lowest BCUT2D eigenvalue weighted by Gasteiger charge is -2.57. The fourth-order valence-electron chi connectivity index (χ4n) is 9.29. The van der Waals surface area contributed by atoms with Crippen LogP contribution in [0, 0.1) is 34.5 Å². The third-order valence-electron chi connectivity index (χ3n) is 11.3. The van der Waals surface area contributed by atoms with Gasteiger partial charge < -0.3 is 9.64 Å². The Morgan fingerprint density at radius 1 is 1.03 bits per heavy atom. The van der Waals surface area contributed by atoms with E-state index in [4.69, 9.17) is 4.74 Å². The van der Waals surface area contributed by atoms with Crippen molar-refractivity contribution in [2.75, 3.05) is 26.3 Å². The van der Waals surface area contributed by atoms with Crippen LogP contribution in [0.15, 0.2) is 48.1 Å². The second-order valence-corrected chi connectivity index (χ2v) is 13.1. The molecule has 208 valence electrons. The average Bonchev–Trinajstić information content (AvgIpc) is 3.34. The summed E-state index contributed by atoms with van der Waals surface area (Å²) in [6, 6.07) is 8.17. The summed E-state index contributed by atoms with van der Waals surface area (Å²) in [6.45, 7) is 6.76. The molecule has 0 unspecified atom stereocenters. The van der Waals surface area contributed by atoms with Crippen molar-refractivity contribution in [1.29, 1.82) is 0 Å². The van der Waals surface area contributed by atoms with Crippen molar-refractivity contribution in [3.63, 3.8) is 0 Å². The number of allylic oxidation sites excluding steroid dienone is 4. The largest absolute Gasteiger partial charge is 0.378 e. The Kier molecular flexibility index (Phi) is 7.16. The van der Waals surface area contributed by atoms with Gasteiger partial charge in [0, 0.05) is 31.0 Å². The van der Waals surface area contributed by atoms with Gasteiger partial charge in [-0.15, -0.1) is 0 Å². The molecular formula is C34H43NO4.